The van der Waals surface area contributed by atoms with Gasteiger partial charge in [0.05, 0.1) is 22.5 Å². The molecule has 188 valence electrons. The molecule has 4 rings (SSSR count). The van der Waals surface area contributed by atoms with E-state index in [0.29, 0.717) is 20.2 Å². The summed E-state index contributed by atoms with van der Waals surface area (Å²) in [4.78, 5) is 31.1. The topological polar surface area (TPSA) is 62.3 Å². The van der Waals surface area contributed by atoms with Crippen LogP contribution < -0.4 is 10.2 Å². The van der Waals surface area contributed by atoms with E-state index in [-0.39, 0.29) is 29.3 Å². The smallest absolute Gasteiger partial charge is 0.259 e. The zero-order chi connectivity index (χ0) is 26.2. The van der Waals surface area contributed by atoms with E-state index < -0.39 is 29.2 Å². The summed E-state index contributed by atoms with van der Waals surface area (Å²) in [5.74, 6) is -2.67. The molecule has 2 aromatic carbocycles. The number of hydrogen-bond acceptors (Lipinski definition) is 3. The lowest BCUT2D eigenvalue weighted by atomic mass is 10.00. The molecule has 1 saturated carbocycles. The summed E-state index contributed by atoms with van der Waals surface area (Å²) in [5.41, 5.74) is -1.14. The van der Waals surface area contributed by atoms with Crippen molar-refractivity contribution in [2.75, 3.05) is 16.8 Å². The second kappa shape index (κ2) is 10.3. The number of benzene rings is 2. The minimum atomic E-state index is -1.61. The molecule has 2 amide bonds. The molecular weight excluding hydrogens is 603 g/mol. The van der Waals surface area contributed by atoms with Crippen LogP contribution in [0.2, 0.25) is 0 Å². The van der Waals surface area contributed by atoms with Crippen molar-refractivity contribution in [3.63, 3.8) is 0 Å². The lowest BCUT2D eigenvalue weighted by Gasteiger charge is -2.24. The number of nitrogens with zero attached hydrogens (tertiary/aromatic N) is 2. The SMILES string of the molecule is CC(C)(F)c1cc(Br)c(NC(=O)c2cccc(N(CC3CC3)C(=O)c3ccc(F)nc3)c2F)c(Br)c1. The molecule has 0 saturated heterocycles. The highest BCUT2D eigenvalue weighted by Gasteiger charge is 2.31. The fourth-order valence-electron chi connectivity index (χ4n) is 3.63. The zero-order valence-corrected chi connectivity index (χ0v) is 22.6. The number of rotatable bonds is 7. The molecule has 0 unspecified atom stereocenters. The first kappa shape index (κ1) is 26.3. The molecule has 1 aliphatic carbocycles. The third-order valence-corrected chi connectivity index (χ3v) is 7.09. The van der Waals surface area contributed by atoms with E-state index in [0.717, 1.165) is 25.1 Å². The largest absolute Gasteiger partial charge is 0.320 e. The number of carbonyl (C=O) groups excluding carboxylic acids is 2. The van der Waals surface area contributed by atoms with Gasteiger partial charge in [-0.05, 0) is 106 Å². The van der Waals surface area contributed by atoms with Crippen molar-refractivity contribution in [1.29, 1.82) is 0 Å². The van der Waals surface area contributed by atoms with Gasteiger partial charge in [0.15, 0.2) is 5.82 Å². The van der Waals surface area contributed by atoms with Crippen LogP contribution in [0.3, 0.4) is 0 Å². The van der Waals surface area contributed by atoms with Crippen LogP contribution >= 0.6 is 31.9 Å². The van der Waals surface area contributed by atoms with Crippen LogP contribution in [-0.2, 0) is 5.67 Å². The summed E-state index contributed by atoms with van der Waals surface area (Å²) in [6.45, 7) is 3.09. The van der Waals surface area contributed by atoms with Crippen LogP contribution in [0.5, 0.6) is 0 Å². The van der Waals surface area contributed by atoms with Crippen LogP contribution in [0.1, 0.15) is 53.0 Å². The van der Waals surface area contributed by atoms with E-state index in [2.05, 4.69) is 42.2 Å². The maximum absolute atomic E-state index is 15.7. The summed E-state index contributed by atoms with van der Waals surface area (Å²) in [6, 6.07) is 9.66. The van der Waals surface area contributed by atoms with Crippen molar-refractivity contribution in [2.24, 2.45) is 5.92 Å². The van der Waals surface area contributed by atoms with Crippen molar-refractivity contribution in [2.45, 2.75) is 32.4 Å². The summed E-state index contributed by atoms with van der Waals surface area (Å²) in [7, 11) is 0. The Morgan fingerprint density at radius 3 is 2.33 bits per heavy atom. The van der Waals surface area contributed by atoms with Gasteiger partial charge in [-0.15, -0.1) is 0 Å². The van der Waals surface area contributed by atoms with Gasteiger partial charge < -0.3 is 10.2 Å². The zero-order valence-electron chi connectivity index (χ0n) is 19.4. The van der Waals surface area contributed by atoms with Crippen molar-refractivity contribution in [1.82, 2.24) is 4.98 Å². The quantitative estimate of drug-likeness (QED) is 0.279. The Bertz CT molecular complexity index is 1300. The highest BCUT2D eigenvalue weighted by Crippen LogP contribution is 2.38. The first-order valence-corrected chi connectivity index (χ1v) is 12.8. The number of carbonyl (C=O) groups is 2. The van der Waals surface area contributed by atoms with Crippen LogP contribution in [0.15, 0.2) is 57.6 Å². The molecule has 0 bridgehead atoms. The highest BCUT2D eigenvalue weighted by atomic mass is 79.9. The second-order valence-corrected chi connectivity index (χ2v) is 10.8. The summed E-state index contributed by atoms with van der Waals surface area (Å²) >= 11 is 6.68. The molecule has 1 N–H and O–H groups in total. The number of hydrogen-bond donors (Lipinski definition) is 1. The molecule has 1 aliphatic rings. The van der Waals surface area contributed by atoms with Crippen LogP contribution in [0.4, 0.5) is 24.5 Å². The number of amides is 2. The van der Waals surface area contributed by atoms with Crippen molar-refractivity contribution < 1.29 is 22.8 Å². The van der Waals surface area contributed by atoms with E-state index in [1.165, 1.54) is 43.0 Å². The van der Waals surface area contributed by atoms with Gasteiger partial charge in [-0.25, -0.2) is 13.8 Å². The lowest BCUT2D eigenvalue weighted by molar-refractivity contribution is 0.0980. The first-order chi connectivity index (χ1) is 17.0. The molecule has 0 atom stereocenters. The molecule has 1 aromatic heterocycles. The fraction of sp³-hybridized carbons (Fsp3) is 0.269. The normalized spacial score (nSPS) is 13.4. The molecular formula is C26H22Br2F3N3O2. The predicted molar refractivity (Wildman–Crippen MR) is 139 cm³/mol. The molecule has 1 fully saturated rings. The predicted octanol–water partition coefficient (Wildman–Crippen LogP) is 7.40. The fourth-order valence-corrected chi connectivity index (χ4v) is 5.01. The van der Waals surface area contributed by atoms with Crippen molar-refractivity contribution in [3.8, 4) is 0 Å². The monoisotopic (exact) mass is 623 g/mol. The Morgan fingerprint density at radius 2 is 1.78 bits per heavy atom. The maximum atomic E-state index is 15.7. The van der Waals surface area contributed by atoms with Gasteiger partial charge in [0.1, 0.15) is 5.67 Å². The average Bonchev–Trinajstić information content (AvgIpc) is 3.64. The number of anilines is 2. The first-order valence-electron chi connectivity index (χ1n) is 11.2. The van der Waals surface area contributed by atoms with E-state index in [9.17, 15) is 18.4 Å². The number of pyridine rings is 1. The van der Waals surface area contributed by atoms with Crippen LogP contribution in [0, 0.1) is 17.7 Å². The number of aromatic nitrogens is 1. The van der Waals surface area contributed by atoms with Gasteiger partial charge >= 0.3 is 0 Å². The van der Waals surface area contributed by atoms with Gasteiger partial charge in [-0.3, -0.25) is 9.59 Å². The van der Waals surface area contributed by atoms with Crippen LogP contribution in [0.25, 0.3) is 0 Å². The number of nitrogens with one attached hydrogen (secondary N) is 1. The standard InChI is InChI=1S/C26H22Br2F3N3O2/c1-26(2,31)16-10-18(27)23(19(28)11-16)33-24(35)17-4-3-5-20(22(17)30)34(13-14-6-7-14)25(36)15-8-9-21(29)32-12-15/h3-5,8-12,14H,6-7,13H2,1-2H3,(H,33,35). The van der Waals surface area contributed by atoms with Gasteiger partial charge in [0, 0.05) is 21.7 Å². The van der Waals surface area contributed by atoms with E-state index in [1.807, 2.05) is 0 Å². The highest BCUT2D eigenvalue weighted by molar-refractivity contribution is 9.11. The van der Waals surface area contributed by atoms with E-state index in [1.54, 1.807) is 12.1 Å². The molecule has 0 radical (unpaired) electrons. The number of halogens is 5. The average molecular weight is 625 g/mol. The van der Waals surface area contributed by atoms with Crippen molar-refractivity contribution in [3.05, 3.63) is 86.1 Å². The minimum absolute atomic E-state index is 0.0588. The van der Waals surface area contributed by atoms with E-state index >= 15 is 4.39 Å². The Morgan fingerprint density at radius 1 is 1.11 bits per heavy atom. The van der Waals surface area contributed by atoms with Gasteiger partial charge in [-0.1, -0.05) is 6.07 Å². The number of alkyl halides is 1. The summed E-state index contributed by atoms with van der Waals surface area (Å²) < 4.78 is 44.2. The Hall–Kier alpha value is -2.72. The van der Waals surface area contributed by atoms with Gasteiger partial charge in [0.2, 0.25) is 5.95 Å². The summed E-state index contributed by atoms with van der Waals surface area (Å²) in [5, 5.41) is 2.65. The Labute approximate surface area is 223 Å². The lowest BCUT2D eigenvalue weighted by Crippen LogP contribution is -2.34. The maximum Gasteiger partial charge on any atom is 0.259 e. The third-order valence-electron chi connectivity index (χ3n) is 5.84. The van der Waals surface area contributed by atoms with Gasteiger partial charge in [0.25, 0.3) is 11.8 Å². The minimum Gasteiger partial charge on any atom is -0.320 e. The molecule has 0 aliphatic heterocycles. The molecule has 0 spiro atoms. The molecule has 10 heteroatoms. The molecule has 3 aromatic rings. The van der Waals surface area contributed by atoms with Crippen molar-refractivity contribution >= 4 is 55.0 Å². The third kappa shape index (κ3) is 5.81. The molecule has 5 nitrogen and oxygen atoms in total. The van der Waals surface area contributed by atoms with Crippen LogP contribution in [-0.4, -0.2) is 23.3 Å². The van der Waals surface area contributed by atoms with Gasteiger partial charge in [-0.2, -0.15) is 4.39 Å². The molecule has 36 heavy (non-hydrogen) atoms. The molecule has 1 heterocycles. The Kier molecular flexibility index (Phi) is 7.56. The van der Waals surface area contributed by atoms with E-state index in [4.69, 9.17) is 0 Å². The summed E-state index contributed by atoms with van der Waals surface area (Å²) in [6.07, 6.45) is 2.91. The Balaban J connectivity index is 1.65. The second-order valence-electron chi connectivity index (χ2n) is 9.11.